The number of carbonyl (C=O) groups is 1. The van der Waals surface area contributed by atoms with Crippen LogP contribution in [0.15, 0.2) is 24.3 Å². The molecule has 1 unspecified atom stereocenters. The quantitative estimate of drug-likeness (QED) is 0.868. The summed E-state index contributed by atoms with van der Waals surface area (Å²) >= 11 is 0. The van der Waals surface area contributed by atoms with Crippen LogP contribution in [0.3, 0.4) is 0 Å². The molecule has 2 nitrogen and oxygen atoms in total. The van der Waals surface area contributed by atoms with Crippen molar-refractivity contribution < 1.29 is 23.1 Å². The number of alkyl halides is 3. The largest absolute Gasteiger partial charge is 0.481 e. The molecule has 0 saturated carbocycles. The van der Waals surface area contributed by atoms with Crippen LogP contribution in [-0.2, 0) is 11.0 Å². The Morgan fingerprint density at radius 3 is 2.50 bits per heavy atom. The SMILES string of the molecule is CCC(C(=O)O)c1cccc(C(F)(F)F)c1. The third kappa shape index (κ3) is 2.74. The van der Waals surface area contributed by atoms with E-state index in [1.165, 1.54) is 12.1 Å². The van der Waals surface area contributed by atoms with Crippen molar-refractivity contribution in [2.45, 2.75) is 25.4 Å². The first kappa shape index (κ1) is 12.5. The van der Waals surface area contributed by atoms with Crippen molar-refractivity contribution in [2.24, 2.45) is 0 Å². The molecule has 1 aromatic carbocycles. The number of rotatable bonds is 3. The average molecular weight is 232 g/mol. The number of carboxylic acid groups (broad SMARTS) is 1. The zero-order valence-electron chi connectivity index (χ0n) is 8.58. The van der Waals surface area contributed by atoms with Gasteiger partial charge in [0.1, 0.15) is 0 Å². The second-order valence-corrected chi connectivity index (χ2v) is 3.42. The predicted molar refractivity (Wildman–Crippen MR) is 52.1 cm³/mol. The van der Waals surface area contributed by atoms with E-state index >= 15 is 0 Å². The van der Waals surface area contributed by atoms with E-state index < -0.39 is 23.6 Å². The van der Waals surface area contributed by atoms with Gasteiger partial charge in [-0.05, 0) is 18.1 Å². The molecule has 0 heterocycles. The molecular formula is C11H11F3O2. The molecule has 0 aliphatic rings. The Morgan fingerprint density at radius 2 is 2.06 bits per heavy atom. The first-order chi connectivity index (χ1) is 7.36. The van der Waals surface area contributed by atoms with Gasteiger partial charge in [-0.2, -0.15) is 13.2 Å². The van der Waals surface area contributed by atoms with E-state index in [0.29, 0.717) is 0 Å². The zero-order chi connectivity index (χ0) is 12.3. The number of hydrogen-bond acceptors (Lipinski definition) is 1. The topological polar surface area (TPSA) is 37.3 Å². The van der Waals surface area contributed by atoms with Crippen LogP contribution in [0.1, 0.15) is 30.4 Å². The summed E-state index contributed by atoms with van der Waals surface area (Å²) in [5.41, 5.74) is -0.630. The summed E-state index contributed by atoms with van der Waals surface area (Å²) in [5, 5.41) is 8.84. The first-order valence-corrected chi connectivity index (χ1v) is 4.76. The highest BCUT2D eigenvalue weighted by molar-refractivity contribution is 5.76. The molecule has 0 amide bonds. The molecule has 1 rings (SSSR count). The Balaban J connectivity index is 3.11. The van der Waals surface area contributed by atoms with Gasteiger partial charge in [-0.3, -0.25) is 4.79 Å². The van der Waals surface area contributed by atoms with E-state index in [-0.39, 0.29) is 12.0 Å². The first-order valence-electron chi connectivity index (χ1n) is 4.76. The van der Waals surface area contributed by atoms with Crippen LogP contribution in [0.4, 0.5) is 13.2 Å². The highest BCUT2D eigenvalue weighted by Gasteiger charge is 2.31. The molecule has 88 valence electrons. The van der Waals surface area contributed by atoms with Crippen molar-refractivity contribution in [1.29, 1.82) is 0 Å². The lowest BCUT2D eigenvalue weighted by Crippen LogP contribution is -2.12. The molecule has 0 fully saturated rings. The minimum absolute atomic E-state index is 0.185. The van der Waals surface area contributed by atoms with Crippen molar-refractivity contribution in [3.63, 3.8) is 0 Å². The van der Waals surface area contributed by atoms with Crippen LogP contribution in [-0.4, -0.2) is 11.1 Å². The molecule has 1 aromatic rings. The second kappa shape index (κ2) is 4.55. The number of halogens is 3. The highest BCUT2D eigenvalue weighted by Crippen LogP contribution is 2.31. The van der Waals surface area contributed by atoms with Crippen molar-refractivity contribution in [3.05, 3.63) is 35.4 Å². The van der Waals surface area contributed by atoms with Crippen molar-refractivity contribution in [3.8, 4) is 0 Å². The van der Waals surface area contributed by atoms with Gasteiger partial charge in [0, 0.05) is 0 Å². The van der Waals surface area contributed by atoms with Crippen LogP contribution in [0.5, 0.6) is 0 Å². The molecule has 0 bridgehead atoms. The molecule has 5 heteroatoms. The minimum atomic E-state index is -4.44. The van der Waals surface area contributed by atoms with E-state index in [1.807, 2.05) is 0 Å². The molecule has 16 heavy (non-hydrogen) atoms. The Morgan fingerprint density at radius 1 is 1.44 bits per heavy atom. The van der Waals surface area contributed by atoms with Gasteiger partial charge < -0.3 is 5.11 Å². The Hall–Kier alpha value is -1.52. The van der Waals surface area contributed by atoms with Crippen LogP contribution in [0.2, 0.25) is 0 Å². The molecule has 0 saturated heterocycles. The lowest BCUT2D eigenvalue weighted by atomic mass is 9.95. The maximum Gasteiger partial charge on any atom is 0.416 e. The Kier molecular flexibility index (Phi) is 3.57. The maximum atomic E-state index is 12.4. The summed E-state index contributed by atoms with van der Waals surface area (Å²) < 4.78 is 37.2. The van der Waals surface area contributed by atoms with Gasteiger partial charge >= 0.3 is 12.1 Å². The molecule has 0 radical (unpaired) electrons. The van der Waals surface area contributed by atoms with Crippen LogP contribution in [0, 0.1) is 0 Å². The van der Waals surface area contributed by atoms with E-state index in [4.69, 9.17) is 5.11 Å². The lowest BCUT2D eigenvalue weighted by Gasteiger charge is -2.13. The second-order valence-electron chi connectivity index (χ2n) is 3.42. The molecule has 0 spiro atoms. The van der Waals surface area contributed by atoms with Gasteiger partial charge in [-0.1, -0.05) is 25.1 Å². The Bertz CT molecular complexity index is 385. The van der Waals surface area contributed by atoms with Gasteiger partial charge in [0.05, 0.1) is 11.5 Å². The van der Waals surface area contributed by atoms with Crippen molar-refractivity contribution in [2.75, 3.05) is 0 Å². The monoisotopic (exact) mass is 232 g/mol. The minimum Gasteiger partial charge on any atom is -0.481 e. The highest BCUT2D eigenvalue weighted by atomic mass is 19.4. The van der Waals surface area contributed by atoms with Gasteiger partial charge in [-0.15, -0.1) is 0 Å². The number of hydrogen-bond donors (Lipinski definition) is 1. The van der Waals surface area contributed by atoms with E-state index in [1.54, 1.807) is 6.92 Å². The van der Waals surface area contributed by atoms with E-state index in [9.17, 15) is 18.0 Å². The van der Waals surface area contributed by atoms with E-state index in [0.717, 1.165) is 12.1 Å². The van der Waals surface area contributed by atoms with Crippen LogP contribution < -0.4 is 0 Å². The van der Waals surface area contributed by atoms with Gasteiger partial charge in [0.15, 0.2) is 0 Å². The van der Waals surface area contributed by atoms with E-state index in [2.05, 4.69) is 0 Å². The van der Waals surface area contributed by atoms with Crippen molar-refractivity contribution in [1.82, 2.24) is 0 Å². The summed E-state index contributed by atoms with van der Waals surface area (Å²) in [6, 6.07) is 4.45. The number of benzene rings is 1. The molecule has 0 aromatic heterocycles. The zero-order valence-corrected chi connectivity index (χ0v) is 8.58. The maximum absolute atomic E-state index is 12.4. The van der Waals surface area contributed by atoms with Gasteiger partial charge in [0.2, 0.25) is 0 Å². The summed E-state index contributed by atoms with van der Waals surface area (Å²) in [6.45, 7) is 1.62. The summed E-state index contributed by atoms with van der Waals surface area (Å²) in [4.78, 5) is 10.8. The van der Waals surface area contributed by atoms with Crippen LogP contribution in [0.25, 0.3) is 0 Å². The fraction of sp³-hybridized carbons (Fsp3) is 0.364. The molecule has 1 N–H and O–H groups in total. The third-order valence-electron chi connectivity index (χ3n) is 2.32. The average Bonchev–Trinajstić information content (AvgIpc) is 2.17. The molecule has 0 aliphatic carbocycles. The van der Waals surface area contributed by atoms with Crippen molar-refractivity contribution >= 4 is 5.97 Å². The molecule has 1 atom stereocenters. The summed E-state index contributed by atoms with van der Waals surface area (Å²) in [5.74, 6) is -2.00. The standard InChI is InChI=1S/C11H11F3O2/c1-2-9(10(15)16)7-4-3-5-8(6-7)11(12,13)14/h3-6,9H,2H2,1H3,(H,15,16). The number of carboxylic acids is 1. The molecular weight excluding hydrogens is 221 g/mol. The Labute approximate surface area is 90.7 Å². The van der Waals surface area contributed by atoms with Gasteiger partial charge in [0.25, 0.3) is 0 Å². The van der Waals surface area contributed by atoms with Gasteiger partial charge in [-0.25, -0.2) is 0 Å². The fourth-order valence-corrected chi connectivity index (χ4v) is 1.48. The normalized spacial score (nSPS) is 13.5. The lowest BCUT2D eigenvalue weighted by molar-refractivity contribution is -0.140. The summed E-state index contributed by atoms with van der Waals surface area (Å²) in [6.07, 6.45) is -4.18. The number of aliphatic carboxylic acids is 1. The third-order valence-corrected chi connectivity index (χ3v) is 2.32. The predicted octanol–water partition coefficient (Wildman–Crippen LogP) is 3.28. The van der Waals surface area contributed by atoms with Crippen LogP contribution >= 0.6 is 0 Å². The smallest absolute Gasteiger partial charge is 0.416 e. The fourth-order valence-electron chi connectivity index (χ4n) is 1.48. The summed E-state index contributed by atoms with van der Waals surface area (Å²) in [7, 11) is 0. The molecule has 0 aliphatic heterocycles.